The van der Waals surface area contributed by atoms with Crippen LogP contribution in [0.3, 0.4) is 0 Å². The molecule has 0 spiro atoms. The molecule has 106 valence electrons. The van der Waals surface area contributed by atoms with Crippen LogP contribution in [-0.2, 0) is 6.54 Å². The first-order valence-corrected chi connectivity index (χ1v) is 7.71. The van der Waals surface area contributed by atoms with Gasteiger partial charge in [0, 0.05) is 28.3 Å². The first kappa shape index (κ1) is 14.3. The average molecular weight is 282 g/mol. The smallest absolute Gasteiger partial charge is 0.315 e. The van der Waals surface area contributed by atoms with Crippen LogP contribution in [0.2, 0.25) is 0 Å². The molecule has 0 saturated heterocycles. The van der Waals surface area contributed by atoms with Crippen LogP contribution in [0.15, 0.2) is 12.1 Å². The molecule has 1 saturated carbocycles. The molecule has 0 bridgehead atoms. The normalized spacial score (nSPS) is 23.1. The average Bonchev–Trinajstić information content (AvgIpc) is 2.83. The Morgan fingerprint density at radius 2 is 2.21 bits per heavy atom. The second kappa shape index (κ2) is 6.91. The molecule has 5 heteroatoms. The van der Waals surface area contributed by atoms with E-state index in [1.54, 1.807) is 11.3 Å². The van der Waals surface area contributed by atoms with Crippen molar-refractivity contribution < 1.29 is 9.90 Å². The van der Waals surface area contributed by atoms with Crippen molar-refractivity contribution in [1.29, 1.82) is 0 Å². The Morgan fingerprint density at radius 3 is 2.89 bits per heavy atom. The van der Waals surface area contributed by atoms with Crippen molar-refractivity contribution in [3.8, 4) is 0 Å². The zero-order valence-corrected chi connectivity index (χ0v) is 12.1. The maximum atomic E-state index is 11.9. The second-order valence-corrected chi connectivity index (χ2v) is 6.55. The van der Waals surface area contributed by atoms with Gasteiger partial charge in [0.1, 0.15) is 0 Å². The maximum Gasteiger partial charge on any atom is 0.315 e. The third-order valence-electron chi connectivity index (χ3n) is 3.68. The standard InChI is InChI=1S/C14H22N2O2S/c1-10-6-7-12(19-10)8-15-14(18)16-13-5-3-2-4-11(13)9-17/h6-7,11,13,17H,2-5,8-9H2,1H3,(H2,15,16,18). The van der Waals surface area contributed by atoms with Crippen LogP contribution >= 0.6 is 11.3 Å². The fourth-order valence-corrected chi connectivity index (χ4v) is 3.41. The summed E-state index contributed by atoms with van der Waals surface area (Å²) in [7, 11) is 0. The highest BCUT2D eigenvalue weighted by Crippen LogP contribution is 2.23. The van der Waals surface area contributed by atoms with E-state index in [1.165, 1.54) is 4.88 Å². The lowest BCUT2D eigenvalue weighted by Crippen LogP contribution is -2.47. The van der Waals surface area contributed by atoms with E-state index in [0.29, 0.717) is 6.54 Å². The Morgan fingerprint density at radius 1 is 1.42 bits per heavy atom. The number of nitrogens with one attached hydrogen (secondary N) is 2. The van der Waals surface area contributed by atoms with E-state index in [0.717, 1.165) is 30.6 Å². The molecule has 2 amide bonds. The lowest BCUT2D eigenvalue weighted by molar-refractivity contribution is 0.153. The van der Waals surface area contributed by atoms with Crippen molar-refractivity contribution in [3.05, 3.63) is 21.9 Å². The number of urea groups is 1. The van der Waals surface area contributed by atoms with Gasteiger partial charge in [-0.1, -0.05) is 12.8 Å². The van der Waals surface area contributed by atoms with Crippen LogP contribution in [0.25, 0.3) is 0 Å². The number of rotatable bonds is 4. The van der Waals surface area contributed by atoms with Gasteiger partial charge < -0.3 is 15.7 Å². The highest BCUT2D eigenvalue weighted by Gasteiger charge is 2.25. The maximum absolute atomic E-state index is 11.9. The molecule has 0 radical (unpaired) electrons. The third kappa shape index (κ3) is 4.21. The molecule has 2 atom stereocenters. The largest absolute Gasteiger partial charge is 0.396 e. The molecule has 1 aliphatic carbocycles. The number of thiophene rings is 1. The summed E-state index contributed by atoms with van der Waals surface area (Å²) >= 11 is 1.70. The molecule has 1 heterocycles. The predicted octanol–water partition coefficient (Wildman–Crippen LogP) is 2.41. The Labute approximate surface area is 118 Å². The Bertz CT molecular complexity index is 419. The molecule has 4 nitrogen and oxygen atoms in total. The van der Waals surface area contributed by atoms with Gasteiger partial charge in [0.15, 0.2) is 0 Å². The lowest BCUT2D eigenvalue weighted by atomic mass is 9.85. The SMILES string of the molecule is Cc1ccc(CNC(=O)NC2CCCCC2CO)s1. The zero-order valence-electron chi connectivity index (χ0n) is 11.3. The number of aryl methyl sites for hydroxylation is 1. The predicted molar refractivity (Wildman–Crippen MR) is 77.3 cm³/mol. The summed E-state index contributed by atoms with van der Waals surface area (Å²) in [5, 5.41) is 15.2. The summed E-state index contributed by atoms with van der Waals surface area (Å²) in [6.07, 6.45) is 4.26. The molecule has 0 aliphatic heterocycles. The molecule has 1 aliphatic rings. The van der Waals surface area contributed by atoms with Crippen LogP contribution < -0.4 is 10.6 Å². The summed E-state index contributed by atoms with van der Waals surface area (Å²) < 4.78 is 0. The van der Waals surface area contributed by atoms with E-state index in [-0.39, 0.29) is 24.6 Å². The summed E-state index contributed by atoms with van der Waals surface area (Å²) in [5.41, 5.74) is 0. The van der Waals surface area contributed by atoms with E-state index in [9.17, 15) is 9.90 Å². The van der Waals surface area contributed by atoms with Crippen LogP contribution in [0.1, 0.15) is 35.4 Å². The van der Waals surface area contributed by atoms with Crippen molar-refractivity contribution in [2.24, 2.45) is 5.92 Å². The summed E-state index contributed by atoms with van der Waals surface area (Å²) in [4.78, 5) is 14.3. The number of carbonyl (C=O) groups is 1. The second-order valence-electron chi connectivity index (χ2n) is 5.17. The van der Waals surface area contributed by atoms with Crippen molar-refractivity contribution >= 4 is 17.4 Å². The van der Waals surface area contributed by atoms with Crippen molar-refractivity contribution in [2.45, 2.75) is 45.2 Å². The van der Waals surface area contributed by atoms with E-state index in [4.69, 9.17) is 0 Å². The Kier molecular flexibility index (Phi) is 5.22. The topological polar surface area (TPSA) is 61.4 Å². The first-order chi connectivity index (χ1) is 9.19. The van der Waals surface area contributed by atoms with E-state index < -0.39 is 0 Å². The van der Waals surface area contributed by atoms with Crippen LogP contribution in [-0.4, -0.2) is 23.8 Å². The van der Waals surface area contributed by atoms with Crippen LogP contribution in [0.4, 0.5) is 4.79 Å². The number of hydrogen-bond donors (Lipinski definition) is 3. The van der Waals surface area contributed by atoms with Gasteiger partial charge in [-0.15, -0.1) is 11.3 Å². The number of carbonyl (C=O) groups excluding carboxylic acids is 1. The van der Waals surface area contributed by atoms with Crippen molar-refractivity contribution in [2.75, 3.05) is 6.61 Å². The highest BCUT2D eigenvalue weighted by molar-refractivity contribution is 7.11. The molecule has 1 aromatic rings. The quantitative estimate of drug-likeness (QED) is 0.794. The van der Waals surface area contributed by atoms with Crippen molar-refractivity contribution in [1.82, 2.24) is 10.6 Å². The molecule has 2 rings (SSSR count). The minimum absolute atomic E-state index is 0.115. The summed E-state index contributed by atoms with van der Waals surface area (Å²) in [6, 6.07) is 4.08. The number of aliphatic hydroxyl groups excluding tert-OH is 1. The molecule has 3 N–H and O–H groups in total. The van der Waals surface area contributed by atoms with E-state index in [2.05, 4.69) is 23.6 Å². The molecular formula is C14H22N2O2S. The first-order valence-electron chi connectivity index (χ1n) is 6.89. The van der Waals surface area contributed by atoms with Gasteiger partial charge in [0.2, 0.25) is 0 Å². The van der Waals surface area contributed by atoms with E-state index in [1.807, 2.05) is 6.07 Å². The zero-order chi connectivity index (χ0) is 13.7. The van der Waals surface area contributed by atoms with Crippen LogP contribution in [0, 0.1) is 12.8 Å². The van der Waals surface area contributed by atoms with Gasteiger partial charge in [-0.3, -0.25) is 0 Å². The van der Waals surface area contributed by atoms with Gasteiger partial charge in [-0.25, -0.2) is 4.79 Å². The van der Waals surface area contributed by atoms with Gasteiger partial charge in [-0.05, 0) is 31.9 Å². The fraction of sp³-hybridized carbons (Fsp3) is 0.643. The Hall–Kier alpha value is -1.07. The van der Waals surface area contributed by atoms with Gasteiger partial charge in [0.05, 0.1) is 6.54 Å². The molecule has 1 fully saturated rings. The highest BCUT2D eigenvalue weighted by atomic mass is 32.1. The summed E-state index contributed by atoms with van der Waals surface area (Å²) in [5.74, 6) is 0.212. The molecule has 2 unspecified atom stereocenters. The molecular weight excluding hydrogens is 260 g/mol. The van der Waals surface area contributed by atoms with Crippen molar-refractivity contribution in [3.63, 3.8) is 0 Å². The molecule has 1 aromatic heterocycles. The fourth-order valence-electron chi connectivity index (χ4n) is 2.58. The minimum Gasteiger partial charge on any atom is -0.396 e. The summed E-state index contributed by atoms with van der Waals surface area (Å²) in [6.45, 7) is 2.79. The van der Waals surface area contributed by atoms with Crippen LogP contribution in [0.5, 0.6) is 0 Å². The lowest BCUT2D eigenvalue weighted by Gasteiger charge is -2.30. The Balaban J connectivity index is 1.77. The molecule has 0 aromatic carbocycles. The minimum atomic E-state index is -0.128. The molecule has 19 heavy (non-hydrogen) atoms. The number of aliphatic hydroxyl groups is 1. The van der Waals surface area contributed by atoms with Gasteiger partial charge >= 0.3 is 6.03 Å². The van der Waals surface area contributed by atoms with E-state index >= 15 is 0 Å². The third-order valence-corrected chi connectivity index (χ3v) is 4.68. The van der Waals surface area contributed by atoms with Gasteiger partial charge in [0.25, 0.3) is 0 Å². The van der Waals surface area contributed by atoms with Gasteiger partial charge in [-0.2, -0.15) is 0 Å². The number of amides is 2. The number of hydrogen-bond acceptors (Lipinski definition) is 3. The monoisotopic (exact) mass is 282 g/mol.